The summed E-state index contributed by atoms with van der Waals surface area (Å²) < 4.78 is 0. The van der Waals surface area contributed by atoms with Crippen molar-refractivity contribution in [2.24, 2.45) is 0 Å². The highest BCUT2D eigenvalue weighted by Gasteiger charge is 2.09. The van der Waals surface area contributed by atoms with Crippen LogP contribution in [0, 0.1) is 6.92 Å². The molecule has 0 unspecified atom stereocenters. The Hall–Kier alpha value is -2.77. The number of carbonyl (C=O) groups excluding carboxylic acids is 1. The van der Waals surface area contributed by atoms with Gasteiger partial charge >= 0.3 is 0 Å². The minimum Gasteiger partial charge on any atom is -0.325 e. The molecule has 1 amide bonds. The molecule has 7 heteroatoms. The first-order chi connectivity index (χ1) is 13.2. The zero-order valence-electron chi connectivity index (χ0n) is 14.5. The second-order valence-electron chi connectivity index (χ2n) is 5.91. The topological polar surface area (TPSA) is 67.8 Å². The molecule has 0 spiro atoms. The highest BCUT2D eigenvalue weighted by Crippen LogP contribution is 2.26. The van der Waals surface area contributed by atoms with Crippen molar-refractivity contribution < 1.29 is 4.79 Å². The predicted molar refractivity (Wildman–Crippen MR) is 111 cm³/mol. The van der Waals surface area contributed by atoms with E-state index in [9.17, 15) is 4.79 Å². The van der Waals surface area contributed by atoms with E-state index in [4.69, 9.17) is 0 Å². The Bertz CT molecular complexity index is 1100. The van der Waals surface area contributed by atoms with Gasteiger partial charge in [-0.15, -0.1) is 16.4 Å². The molecule has 0 saturated heterocycles. The van der Waals surface area contributed by atoms with Crippen molar-refractivity contribution >= 4 is 45.5 Å². The number of aromatic nitrogens is 3. The zero-order chi connectivity index (χ0) is 18.6. The summed E-state index contributed by atoms with van der Waals surface area (Å²) in [5.74, 6) is 0.185. The number of hydrogen-bond donors (Lipinski definition) is 1. The third kappa shape index (κ3) is 4.15. The molecule has 4 aromatic rings. The van der Waals surface area contributed by atoms with E-state index in [0.717, 1.165) is 37.8 Å². The standard InChI is InChI=1S/C20H16N4OS2/c1-13-22-18(11-26-13)14-6-4-7-16(9-14)23-19(25)12-27-20-17-8-3-2-5-15(17)10-21-24-20/h2-11H,12H2,1H3,(H,23,25). The predicted octanol–water partition coefficient (Wildman–Crippen LogP) is 4.79. The molecule has 5 nitrogen and oxygen atoms in total. The summed E-state index contributed by atoms with van der Waals surface area (Å²) in [4.78, 5) is 16.9. The van der Waals surface area contributed by atoms with Crippen LogP contribution in [0.15, 0.2) is 65.1 Å². The second kappa shape index (κ2) is 7.85. The van der Waals surface area contributed by atoms with Gasteiger partial charge in [-0.3, -0.25) is 4.79 Å². The van der Waals surface area contributed by atoms with Crippen LogP contribution in [0.4, 0.5) is 5.69 Å². The smallest absolute Gasteiger partial charge is 0.234 e. The third-order valence-corrected chi connectivity index (χ3v) is 5.69. The summed E-state index contributed by atoms with van der Waals surface area (Å²) in [5, 5.41) is 16.9. The first-order valence-electron chi connectivity index (χ1n) is 8.35. The number of carbonyl (C=O) groups is 1. The van der Waals surface area contributed by atoms with Gasteiger partial charge in [0.05, 0.1) is 22.7 Å². The molecule has 27 heavy (non-hydrogen) atoms. The van der Waals surface area contributed by atoms with Crippen LogP contribution in [0.5, 0.6) is 0 Å². The van der Waals surface area contributed by atoms with Gasteiger partial charge in [0.2, 0.25) is 5.91 Å². The van der Waals surface area contributed by atoms with Crippen LogP contribution in [-0.2, 0) is 4.79 Å². The number of anilines is 1. The fourth-order valence-electron chi connectivity index (χ4n) is 2.69. The van der Waals surface area contributed by atoms with Crippen molar-refractivity contribution in [3.05, 3.63) is 65.1 Å². The molecule has 0 bridgehead atoms. The number of fused-ring (bicyclic) bond motifs is 1. The summed E-state index contributed by atoms with van der Waals surface area (Å²) in [7, 11) is 0. The van der Waals surface area contributed by atoms with Gasteiger partial charge < -0.3 is 5.32 Å². The monoisotopic (exact) mass is 392 g/mol. The van der Waals surface area contributed by atoms with Gasteiger partial charge in [-0.25, -0.2) is 4.98 Å². The van der Waals surface area contributed by atoms with Gasteiger partial charge in [0.1, 0.15) is 5.03 Å². The van der Waals surface area contributed by atoms with Gasteiger partial charge in [-0.2, -0.15) is 5.10 Å². The van der Waals surface area contributed by atoms with E-state index in [2.05, 4.69) is 20.5 Å². The molecule has 2 aromatic carbocycles. The van der Waals surface area contributed by atoms with E-state index in [0.29, 0.717) is 0 Å². The Kier molecular flexibility index (Phi) is 5.13. The van der Waals surface area contributed by atoms with Crippen LogP contribution >= 0.6 is 23.1 Å². The fourth-order valence-corrected chi connectivity index (χ4v) is 4.10. The molecule has 0 aliphatic carbocycles. The first kappa shape index (κ1) is 17.6. The number of aryl methyl sites for hydroxylation is 1. The molecule has 1 N–H and O–H groups in total. The van der Waals surface area contributed by atoms with Gasteiger partial charge in [0, 0.05) is 27.4 Å². The fraction of sp³-hybridized carbons (Fsp3) is 0.100. The maximum Gasteiger partial charge on any atom is 0.234 e. The van der Waals surface area contributed by atoms with E-state index in [1.165, 1.54) is 11.8 Å². The second-order valence-corrected chi connectivity index (χ2v) is 7.93. The normalized spacial score (nSPS) is 10.9. The SMILES string of the molecule is Cc1nc(-c2cccc(NC(=O)CSc3nncc4ccccc34)c2)cs1. The van der Waals surface area contributed by atoms with E-state index in [-0.39, 0.29) is 11.7 Å². The molecule has 0 aliphatic heterocycles. The van der Waals surface area contributed by atoms with Crippen molar-refractivity contribution in [2.75, 3.05) is 11.1 Å². The van der Waals surface area contributed by atoms with E-state index < -0.39 is 0 Å². The molecule has 0 atom stereocenters. The average molecular weight is 393 g/mol. The molecule has 4 rings (SSSR count). The number of amides is 1. The zero-order valence-corrected chi connectivity index (χ0v) is 16.2. The Labute approximate surface area is 164 Å². The van der Waals surface area contributed by atoms with Crippen LogP contribution in [-0.4, -0.2) is 26.8 Å². The van der Waals surface area contributed by atoms with E-state index >= 15 is 0 Å². The Balaban J connectivity index is 1.44. The molecule has 0 fully saturated rings. The van der Waals surface area contributed by atoms with Crippen molar-refractivity contribution in [3.63, 3.8) is 0 Å². The summed E-state index contributed by atoms with van der Waals surface area (Å²) in [6, 6.07) is 15.6. The van der Waals surface area contributed by atoms with Gasteiger partial charge in [0.15, 0.2) is 0 Å². The van der Waals surface area contributed by atoms with Crippen LogP contribution in [0.2, 0.25) is 0 Å². The minimum atomic E-state index is -0.0821. The van der Waals surface area contributed by atoms with E-state index in [1.807, 2.05) is 60.8 Å². The number of benzene rings is 2. The lowest BCUT2D eigenvalue weighted by Gasteiger charge is -2.07. The summed E-state index contributed by atoms with van der Waals surface area (Å²) in [6.07, 6.45) is 1.73. The Morgan fingerprint density at radius 2 is 2.07 bits per heavy atom. The summed E-state index contributed by atoms with van der Waals surface area (Å²) >= 11 is 3.00. The minimum absolute atomic E-state index is 0.0821. The van der Waals surface area contributed by atoms with Crippen molar-refractivity contribution in [2.45, 2.75) is 11.9 Å². The van der Waals surface area contributed by atoms with Gasteiger partial charge in [-0.1, -0.05) is 48.2 Å². The Morgan fingerprint density at radius 1 is 1.19 bits per heavy atom. The van der Waals surface area contributed by atoms with Gasteiger partial charge in [-0.05, 0) is 19.1 Å². The lowest BCUT2D eigenvalue weighted by atomic mass is 10.1. The number of rotatable bonds is 5. The van der Waals surface area contributed by atoms with Crippen molar-refractivity contribution in [1.29, 1.82) is 0 Å². The van der Waals surface area contributed by atoms with Crippen molar-refractivity contribution in [1.82, 2.24) is 15.2 Å². The van der Waals surface area contributed by atoms with Crippen LogP contribution in [0.3, 0.4) is 0 Å². The first-order valence-corrected chi connectivity index (χ1v) is 10.2. The maximum absolute atomic E-state index is 12.4. The molecular formula is C20H16N4OS2. The van der Waals surface area contributed by atoms with E-state index in [1.54, 1.807) is 17.5 Å². The quantitative estimate of drug-likeness (QED) is 0.495. The molecule has 0 saturated carbocycles. The highest BCUT2D eigenvalue weighted by molar-refractivity contribution is 8.00. The average Bonchev–Trinajstić information content (AvgIpc) is 3.13. The number of nitrogens with one attached hydrogen (secondary N) is 1. The molecule has 0 radical (unpaired) electrons. The molecular weight excluding hydrogens is 376 g/mol. The van der Waals surface area contributed by atoms with Crippen LogP contribution in [0.25, 0.3) is 22.0 Å². The lowest BCUT2D eigenvalue weighted by Crippen LogP contribution is -2.14. The number of thiazole rings is 1. The lowest BCUT2D eigenvalue weighted by molar-refractivity contribution is -0.113. The molecule has 2 aromatic heterocycles. The summed E-state index contributed by atoms with van der Waals surface area (Å²) in [6.45, 7) is 1.98. The maximum atomic E-state index is 12.4. The summed E-state index contributed by atoms with van der Waals surface area (Å²) in [5.41, 5.74) is 2.67. The highest BCUT2D eigenvalue weighted by atomic mass is 32.2. The molecule has 0 aliphatic rings. The van der Waals surface area contributed by atoms with Gasteiger partial charge in [0.25, 0.3) is 0 Å². The number of thioether (sulfide) groups is 1. The van der Waals surface area contributed by atoms with Crippen molar-refractivity contribution in [3.8, 4) is 11.3 Å². The molecule has 2 heterocycles. The molecule has 134 valence electrons. The number of hydrogen-bond acceptors (Lipinski definition) is 6. The third-order valence-electron chi connectivity index (χ3n) is 3.94. The Morgan fingerprint density at radius 3 is 2.93 bits per heavy atom. The van der Waals surface area contributed by atoms with Crippen LogP contribution < -0.4 is 5.32 Å². The largest absolute Gasteiger partial charge is 0.325 e. The number of nitrogens with zero attached hydrogens (tertiary/aromatic N) is 3. The van der Waals surface area contributed by atoms with Crippen LogP contribution in [0.1, 0.15) is 5.01 Å².